The smallest absolute Gasteiger partial charge is 0.264 e. The maximum Gasteiger partial charge on any atom is 0.264 e. The van der Waals surface area contributed by atoms with Crippen molar-refractivity contribution in [2.24, 2.45) is 0 Å². The van der Waals surface area contributed by atoms with Gasteiger partial charge in [-0.3, -0.25) is 4.79 Å². The van der Waals surface area contributed by atoms with Crippen LogP contribution in [-0.4, -0.2) is 9.97 Å². The van der Waals surface area contributed by atoms with Gasteiger partial charge in [0.1, 0.15) is 11.6 Å². The lowest BCUT2D eigenvalue weighted by Crippen LogP contribution is -2.11. The van der Waals surface area contributed by atoms with Gasteiger partial charge in [-0.15, -0.1) is 0 Å². The zero-order valence-corrected chi connectivity index (χ0v) is 10.6. The van der Waals surface area contributed by atoms with Gasteiger partial charge in [0.15, 0.2) is 0 Å². The summed E-state index contributed by atoms with van der Waals surface area (Å²) in [6, 6.07) is 4.40. The first-order valence-corrected chi connectivity index (χ1v) is 5.67. The van der Waals surface area contributed by atoms with Gasteiger partial charge in [0.25, 0.3) is 5.56 Å². The van der Waals surface area contributed by atoms with Crippen LogP contribution >= 0.6 is 22.6 Å². The molecule has 0 radical (unpaired) electrons. The lowest BCUT2D eigenvalue weighted by atomic mass is 10.1. The third-order valence-electron chi connectivity index (χ3n) is 2.21. The molecule has 0 aliphatic heterocycles. The Morgan fingerprint density at radius 3 is 2.88 bits per heavy atom. The Hall–Kier alpha value is -1.24. The predicted molar refractivity (Wildman–Crippen MR) is 67.7 cm³/mol. The SMILES string of the molecule is Cc1ccc(F)cc1-c1ncc(I)c(=O)[nH]1. The van der Waals surface area contributed by atoms with Gasteiger partial charge in [0.2, 0.25) is 0 Å². The van der Waals surface area contributed by atoms with Gasteiger partial charge in [-0.05, 0) is 47.2 Å². The lowest BCUT2D eigenvalue weighted by Gasteiger charge is -2.04. The molecule has 0 aliphatic carbocycles. The zero-order valence-electron chi connectivity index (χ0n) is 8.42. The first-order chi connectivity index (χ1) is 7.58. The highest BCUT2D eigenvalue weighted by Gasteiger charge is 2.06. The Kier molecular flexibility index (Phi) is 3.04. The van der Waals surface area contributed by atoms with Crippen LogP contribution in [0, 0.1) is 16.3 Å². The lowest BCUT2D eigenvalue weighted by molar-refractivity contribution is 0.627. The number of rotatable bonds is 1. The number of aromatic amines is 1. The van der Waals surface area contributed by atoms with Gasteiger partial charge >= 0.3 is 0 Å². The van der Waals surface area contributed by atoms with Crippen LogP contribution in [0.5, 0.6) is 0 Å². The van der Waals surface area contributed by atoms with Crippen LogP contribution in [-0.2, 0) is 0 Å². The maximum absolute atomic E-state index is 13.1. The van der Waals surface area contributed by atoms with Crippen molar-refractivity contribution < 1.29 is 4.39 Å². The normalized spacial score (nSPS) is 10.4. The molecule has 1 aromatic carbocycles. The number of nitrogens with zero attached hydrogens (tertiary/aromatic N) is 1. The fraction of sp³-hybridized carbons (Fsp3) is 0.0909. The van der Waals surface area contributed by atoms with E-state index in [1.54, 1.807) is 6.07 Å². The molecule has 2 rings (SSSR count). The summed E-state index contributed by atoms with van der Waals surface area (Å²) in [5.74, 6) is 0.0456. The van der Waals surface area contributed by atoms with Crippen molar-refractivity contribution in [3.8, 4) is 11.4 Å². The summed E-state index contributed by atoms with van der Waals surface area (Å²) in [4.78, 5) is 18.1. The second-order valence-corrected chi connectivity index (χ2v) is 4.53. The maximum atomic E-state index is 13.1. The number of benzene rings is 1. The van der Waals surface area contributed by atoms with Gasteiger partial charge in [-0.25, -0.2) is 9.37 Å². The molecule has 0 bridgehead atoms. The van der Waals surface area contributed by atoms with Crippen molar-refractivity contribution >= 4 is 22.6 Å². The number of hydrogen-bond acceptors (Lipinski definition) is 2. The summed E-state index contributed by atoms with van der Waals surface area (Å²) in [7, 11) is 0. The molecule has 2 aromatic rings. The fourth-order valence-electron chi connectivity index (χ4n) is 1.37. The van der Waals surface area contributed by atoms with E-state index in [0.717, 1.165) is 5.56 Å². The summed E-state index contributed by atoms with van der Waals surface area (Å²) in [6.45, 7) is 1.84. The van der Waals surface area contributed by atoms with Gasteiger partial charge < -0.3 is 4.98 Å². The molecule has 1 N–H and O–H groups in total. The number of aryl methyl sites for hydroxylation is 1. The Morgan fingerprint density at radius 2 is 2.19 bits per heavy atom. The van der Waals surface area contributed by atoms with Crippen LogP contribution in [0.25, 0.3) is 11.4 Å². The molecule has 0 spiro atoms. The van der Waals surface area contributed by atoms with Crippen LogP contribution in [0.2, 0.25) is 0 Å². The van der Waals surface area contributed by atoms with E-state index in [-0.39, 0.29) is 11.4 Å². The highest BCUT2D eigenvalue weighted by molar-refractivity contribution is 14.1. The van der Waals surface area contributed by atoms with E-state index < -0.39 is 0 Å². The van der Waals surface area contributed by atoms with Crippen molar-refractivity contribution in [3.05, 3.63) is 49.7 Å². The first-order valence-electron chi connectivity index (χ1n) is 4.59. The molecule has 1 heterocycles. The standard InChI is InChI=1S/C11H8FIN2O/c1-6-2-3-7(12)4-8(6)10-14-5-9(13)11(16)15-10/h2-5H,1H3,(H,14,15,16). The second-order valence-electron chi connectivity index (χ2n) is 3.37. The summed E-state index contributed by atoms with van der Waals surface area (Å²) >= 11 is 1.90. The monoisotopic (exact) mass is 330 g/mol. The highest BCUT2D eigenvalue weighted by atomic mass is 127. The predicted octanol–water partition coefficient (Wildman–Crippen LogP) is 2.49. The topological polar surface area (TPSA) is 45.8 Å². The second kappa shape index (κ2) is 4.32. The molecule has 82 valence electrons. The van der Waals surface area contributed by atoms with E-state index in [2.05, 4.69) is 9.97 Å². The Labute approximate surface area is 105 Å². The molecule has 0 unspecified atom stereocenters. The molecule has 5 heteroatoms. The van der Waals surface area contributed by atoms with Gasteiger partial charge in [-0.2, -0.15) is 0 Å². The van der Waals surface area contributed by atoms with E-state index in [4.69, 9.17) is 0 Å². The Morgan fingerprint density at radius 1 is 1.44 bits per heavy atom. The molecule has 0 saturated heterocycles. The molecular weight excluding hydrogens is 322 g/mol. The molecule has 3 nitrogen and oxygen atoms in total. The average molecular weight is 330 g/mol. The fourth-order valence-corrected chi connectivity index (χ4v) is 1.64. The first kappa shape index (κ1) is 11.3. The van der Waals surface area contributed by atoms with Crippen LogP contribution in [0.4, 0.5) is 4.39 Å². The minimum Gasteiger partial charge on any atom is -0.306 e. The summed E-state index contributed by atoms with van der Waals surface area (Å²) in [6.07, 6.45) is 1.47. The Balaban J connectivity index is 2.63. The number of halogens is 2. The molecular formula is C11H8FIN2O. The zero-order chi connectivity index (χ0) is 11.7. The van der Waals surface area contributed by atoms with E-state index in [9.17, 15) is 9.18 Å². The average Bonchev–Trinajstić information content (AvgIpc) is 2.26. The third kappa shape index (κ3) is 2.13. The number of aromatic nitrogens is 2. The van der Waals surface area contributed by atoms with E-state index >= 15 is 0 Å². The van der Waals surface area contributed by atoms with Crippen LogP contribution in [0.15, 0.2) is 29.2 Å². The molecule has 0 saturated carbocycles. The van der Waals surface area contributed by atoms with Gasteiger partial charge in [-0.1, -0.05) is 6.07 Å². The molecule has 0 fully saturated rings. The summed E-state index contributed by atoms with van der Waals surface area (Å²) < 4.78 is 13.6. The van der Waals surface area contributed by atoms with Gasteiger partial charge in [0, 0.05) is 11.8 Å². The van der Waals surface area contributed by atoms with Crippen molar-refractivity contribution in [1.29, 1.82) is 0 Å². The minimum atomic E-state index is -0.346. The van der Waals surface area contributed by atoms with Gasteiger partial charge in [0.05, 0.1) is 3.57 Å². The largest absolute Gasteiger partial charge is 0.306 e. The van der Waals surface area contributed by atoms with E-state index in [0.29, 0.717) is 15.0 Å². The van der Waals surface area contributed by atoms with Crippen molar-refractivity contribution in [1.82, 2.24) is 9.97 Å². The molecule has 0 aliphatic rings. The molecule has 0 atom stereocenters. The summed E-state index contributed by atoms with van der Waals surface area (Å²) in [5.41, 5.74) is 1.26. The van der Waals surface area contributed by atoms with E-state index in [1.165, 1.54) is 18.3 Å². The minimum absolute atomic E-state index is 0.214. The number of H-pyrrole nitrogens is 1. The van der Waals surface area contributed by atoms with Crippen molar-refractivity contribution in [2.75, 3.05) is 0 Å². The van der Waals surface area contributed by atoms with E-state index in [1.807, 2.05) is 29.5 Å². The number of hydrogen-bond donors (Lipinski definition) is 1. The Bertz CT molecular complexity index is 595. The van der Waals surface area contributed by atoms with Crippen molar-refractivity contribution in [3.63, 3.8) is 0 Å². The molecule has 0 amide bonds. The quantitative estimate of drug-likeness (QED) is 0.817. The van der Waals surface area contributed by atoms with Crippen LogP contribution in [0.3, 0.4) is 0 Å². The molecule has 1 aromatic heterocycles. The van der Waals surface area contributed by atoms with Crippen LogP contribution in [0.1, 0.15) is 5.56 Å². The number of nitrogens with one attached hydrogen (secondary N) is 1. The third-order valence-corrected chi connectivity index (χ3v) is 2.98. The highest BCUT2D eigenvalue weighted by Crippen LogP contribution is 2.19. The molecule has 16 heavy (non-hydrogen) atoms. The summed E-state index contributed by atoms with van der Waals surface area (Å²) in [5, 5.41) is 0. The van der Waals surface area contributed by atoms with Crippen molar-refractivity contribution in [2.45, 2.75) is 6.92 Å². The van der Waals surface area contributed by atoms with Crippen LogP contribution < -0.4 is 5.56 Å².